The highest BCUT2D eigenvalue weighted by molar-refractivity contribution is 5.96. The zero-order valence-corrected chi connectivity index (χ0v) is 18.8. The van der Waals surface area contributed by atoms with Gasteiger partial charge in [0.05, 0.1) is 12.7 Å². The van der Waals surface area contributed by atoms with Gasteiger partial charge in [0.1, 0.15) is 17.7 Å². The molecule has 33 heavy (non-hydrogen) atoms. The van der Waals surface area contributed by atoms with E-state index in [1.807, 2.05) is 16.4 Å². The maximum absolute atomic E-state index is 13.4. The Morgan fingerprint density at radius 1 is 1.15 bits per heavy atom. The van der Waals surface area contributed by atoms with E-state index in [0.717, 1.165) is 31.0 Å². The third-order valence-corrected chi connectivity index (χ3v) is 5.70. The molecule has 2 N–H and O–H groups in total. The van der Waals surface area contributed by atoms with E-state index in [1.54, 1.807) is 19.4 Å². The van der Waals surface area contributed by atoms with Crippen LogP contribution in [0.25, 0.3) is 0 Å². The minimum Gasteiger partial charge on any atom is -0.344 e. The third kappa shape index (κ3) is 6.84. The molecule has 10 heteroatoms. The van der Waals surface area contributed by atoms with Crippen LogP contribution < -0.4 is 10.6 Å². The van der Waals surface area contributed by atoms with Crippen LogP contribution in [0, 0.1) is 11.6 Å². The highest BCUT2D eigenvalue weighted by Crippen LogP contribution is 2.23. The van der Waals surface area contributed by atoms with Crippen molar-refractivity contribution in [2.45, 2.75) is 58.0 Å². The topological polar surface area (TPSA) is 96.3 Å². The predicted molar refractivity (Wildman–Crippen MR) is 118 cm³/mol. The lowest BCUT2D eigenvalue weighted by molar-refractivity contribution is -0.130. The van der Waals surface area contributed by atoms with Crippen LogP contribution in [0.15, 0.2) is 30.7 Å². The van der Waals surface area contributed by atoms with Crippen molar-refractivity contribution in [3.8, 4) is 0 Å². The summed E-state index contributed by atoms with van der Waals surface area (Å²) >= 11 is 0. The molecule has 178 valence electrons. The Balaban J connectivity index is 1.56. The van der Waals surface area contributed by atoms with Crippen molar-refractivity contribution >= 4 is 23.5 Å². The maximum atomic E-state index is 13.4. The van der Waals surface area contributed by atoms with Crippen molar-refractivity contribution in [2.75, 3.05) is 18.4 Å². The van der Waals surface area contributed by atoms with Crippen LogP contribution >= 0.6 is 0 Å². The fraction of sp³-hybridized carbons (Fsp3) is 0.478. The van der Waals surface area contributed by atoms with Crippen molar-refractivity contribution in [3.63, 3.8) is 0 Å². The zero-order chi connectivity index (χ0) is 24.0. The molecule has 1 aromatic heterocycles. The van der Waals surface area contributed by atoms with Crippen LogP contribution in [-0.2, 0) is 20.8 Å². The molecule has 8 nitrogen and oxygen atoms in total. The highest BCUT2D eigenvalue weighted by atomic mass is 19.1. The number of aromatic nitrogens is 2. The van der Waals surface area contributed by atoms with Gasteiger partial charge >= 0.3 is 0 Å². The first-order valence-electron chi connectivity index (χ1n) is 11.1. The number of halogens is 2. The van der Waals surface area contributed by atoms with Gasteiger partial charge in [0.2, 0.25) is 17.7 Å². The second-order valence-electron chi connectivity index (χ2n) is 8.30. The Hall–Kier alpha value is -3.30. The molecule has 0 aliphatic carbocycles. The Kier molecular flexibility index (Phi) is 8.13. The summed E-state index contributed by atoms with van der Waals surface area (Å²) in [7, 11) is 0. The molecule has 1 saturated heterocycles. The molecule has 3 rings (SSSR count). The van der Waals surface area contributed by atoms with Gasteiger partial charge in [-0.05, 0) is 37.0 Å². The number of amides is 3. The fourth-order valence-electron chi connectivity index (χ4n) is 3.99. The zero-order valence-electron chi connectivity index (χ0n) is 18.8. The van der Waals surface area contributed by atoms with Crippen molar-refractivity contribution < 1.29 is 23.2 Å². The minimum absolute atomic E-state index is 0.0681. The summed E-state index contributed by atoms with van der Waals surface area (Å²) < 4.78 is 28.7. The summed E-state index contributed by atoms with van der Waals surface area (Å²) in [5.74, 6) is -2.00. The molecule has 1 aromatic carbocycles. The van der Waals surface area contributed by atoms with E-state index in [0.29, 0.717) is 31.7 Å². The van der Waals surface area contributed by atoms with Crippen LogP contribution in [0.2, 0.25) is 0 Å². The second kappa shape index (κ2) is 11.0. The van der Waals surface area contributed by atoms with Gasteiger partial charge in [0, 0.05) is 38.3 Å². The lowest BCUT2D eigenvalue weighted by atomic mass is 10.1. The predicted octanol–water partition coefficient (Wildman–Crippen LogP) is 2.81. The van der Waals surface area contributed by atoms with E-state index in [9.17, 15) is 23.2 Å². The molecule has 1 unspecified atom stereocenters. The van der Waals surface area contributed by atoms with E-state index in [1.165, 1.54) is 0 Å². The lowest BCUT2D eigenvalue weighted by Crippen LogP contribution is -2.44. The van der Waals surface area contributed by atoms with Crippen molar-refractivity contribution in [2.24, 2.45) is 0 Å². The van der Waals surface area contributed by atoms with Crippen LogP contribution in [0.3, 0.4) is 0 Å². The SMILES string of the molecule is CCCC(NC(=O)Cc1cc(F)cc(F)c1)C(=O)Nc1cn(C2CCN(C(C)=O)CC2)cn1. The van der Waals surface area contributed by atoms with Crippen molar-refractivity contribution in [1.29, 1.82) is 0 Å². The van der Waals surface area contributed by atoms with Crippen LogP contribution in [-0.4, -0.2) is 51.3 Å². The molecule has 1 atom stereocenters. The van der Waals surface area contributed by atoms with E-state index < -0.39 is 29.5 Å². The third-order valence-electron chi connectivity index (χ3n) is 5.70. The Bertz CT molecular complexity index is 981. The molecule has 1 aliphatic heterocycles. The number of likely N-dealkylation sites (tertiary alicyclic amines) is 1. The van der Waals surface area contributed by atoms with Gasteiger partial charge in [0.25, 0.3) is 0 Å². The van der Waals surface area contributed by atoms with Gasteiger partial charge < -0.3 is 20.1 Å². The molecule has 1 aliphatic rings. The Morgan fingerprint density at radius 3 is 2.42 bits per heavy atom. The van der Waals surface area contributed by atoms with Crippen molar-refractivity contribution in [3.05, 3.63) is 47.9 Å². The molecule has 0 radical (unpaired) electrons. The van der Waals surface area contributed by atoms with Gasteiger partial charge in [-0.2, -0.15) is 0 Å². The van der Waals surface area contributed by atoms with E-state index in [2.05, 4.69) is 15.6 Å². The monoisotopic (exact) mass is 461 g/mol. The average molecular weight is 462 g/mol. The van der Waals surface area contributed by atoms with Gasteiger partial charge in [-0.25, -0.2) is 13.8 Å². The Morgan fingerprint density at radius 2 is 1.82 bits per heavy atom. The number of nitrogens with one attached hydrogen (secondary N) is 2. The molecule has 0 bridgehead atoms. The highest BCUT2D eigenvalue weighted by Gasteiger charge is 2.24. The average Bonchev–Trinajstić information content (AvgIpc) is 3.21. The second-order valence-corrected chi connectivity index (χ2v) is 8.30. The van der Waals surface area contributed by atoms with E-state index >= 15 is 0 Å². The molecular weight excluding hydrogens is 432 g/mol. The minimum atomic E-state index is -0.801. The number of carbonyl (C=O) groups is 3. The smallest absolute Gasteiger partial charge is 0.248 e. The van der Waals surface area contributed by atoms with Crippen LogP contribution in [0.5, 0.6) is 0 Å². The van der Waals surface area contributed by atoms with Gasteiger partial charge in [-0.3, -0.25) is 14.4 Å². The first kappa shape index (κ1) is 24.3. The number of hydrogen-bond donors (Lipinski definition) is 2. The van der Waals surface area contributed by atoms with Crippen LogP contribution in [0.4, 0.5) is 14.6 Å². The molecule has 3 amide bonds. The summed E-state index contributed by atoms with van der Waals surface area (Å²) in [6, 6.07) is 2.30. The molecule has 0 saturated carbocycles. The van der Waals surface area contributed by atoms with Crippen LogP contribution in [0.1, 0.15) is 51.1 Å². The van der Waals surface area contributed by atoms with E-state index in [4.69, 9.17) is 0 Å². The molecule has 2 aromatic rings. The lowest BCUT2D eigenvalue weighted by Gasteiger charge is -2.31. The molecular formula is C23H29F2N5O3. The molecule has 1 fully saturated rings. The standard InChI is InChI=1S/C23H29F2N5O3/c1-3-4-20(27-22(32)11-16-9-17(24)12-18(25)10-16)23(33)28-21-13-30(14-26-21)19-5-7-29(8-6-19)15(2)31/h9-10,12-14,19-20H,3-8,11H2,1-2H3,(H,27,32)(H,28,33). The largest absolute Gasteiger partial charge is 0.344 e. The number of carbonyl (C=O) groups excluding carboxylic acids is 3. The van der Waals surface area contributed by atoms with Crippen molar-refractivity contribution in [1.82, 2.24) is 19.8 Å². The summed E-state index contributed by atoms with van der Waals surface area (Å²) in [6.45, 7) is 4.81. The van der Waals surface area contributed by atoms with Gasteiger partial charge in [-0.15, -0.1) is 0 Å². The first-order chi connectivity index (χ1) is 15.7. The number of anilines is 1. The maximum Gasteiger partial charge on any atom is 0.248 e. The van der Waals surface area contributed by atoms with E-state index in [-0.39, 0.29) is 23.9 Å². The number of benzene rings is 1. The summed E-state index contributed by atoms with van der Waals surface area (Å²) in [4.78, 5) is 42.7. The normalized spacial score (nSPS) is 15.2. The first-order valence-corrected chi connectivity index (χ1v) is 11.1. The number of imidazole rings is 1. The summed E-state index contributed by atoms with van der Waals surface area (Å²) in [6.07, 6.45) is 5.81. The number of piperidine rings is 1. The quantitative estimate of drug-likeness (QED) is 0.632. The summed E-state index contributed by atoms with van der Waals surface area (Å²) in [5.41, 5.74) is 0.190. The fourth-order valence-corrected chi connectivity index (χ4v) is 3.99. The van der Waals surface area contributed by atoms with Gasteiger partial charge in [0.15, 0.2) is 5.82 Å². The number of rotatable bonds is 8. The number of hydrogen-bond acceptors (Lipinski definition) is 4. The number of nitrogens with zero attached hydrogens (tertiary/aromatic N) is 3. The Labute approximate surface area is 191 Å². The molecule has 0 spiro atoms. The van der Waals surface area contributed by atoms with Gasteiger partial charge in [-0.1, -0.05) is 13.3 Å². The molecule has 2 heterocycles. The summed E-state index contributed by atoms with van der Waals surface area (Å²) in [5, 5.41) is 5.37.